The predicted octanol–water partition coefficient (Wildman–Crippen LogP) is 1.86. The number of carbonyl (C=O) groups is 2. The smallest absolute Gasteiger partial charge is 0.249 e. The van der Waals surface area contributed by atoms with E-state index in [1.165, 1.54) is 5.57 Å². The molecule has 2 saturated carbocycles. The van der Waals surface area contributed by atoms with Gasteiger partial charge in [0.2, 0.25) is 11.8 Å². The lowest BCUT2D eigenvalue weighted by atomic mass is 9.88. The van der Waals surface area contributed by atoms with Crippen molar-refractivity contribution in [1.29, 1.82) is 0 Å². The van der Waals surface area contributed by atoms with Crippen molar-refractivity contribution in [3.63, 3.8) is 0 Å². The fraction of sp³-hybridized carbons (Fsp3) is 0.750. The Morgan fingerprint density at radius 3 is 2.45 bits per heavy atom. The molecular weight excluding hydrogens is 252 g/mol. The van der Waals surface area contributed by atoms with E-state index in [0.29, 0.717) is 18.4 Å². The highest BCUT2D eigenvalue weighted by Crippen LogP contribution is 2.45. The molecule has 2 atom stereocenters. The SMILES string of the molecule is CC(C)=CCN1C(=O)C(C)(C2CC2)NC(=O)C1C1CC1. The molecule has 4 heteroatoms. The minimum absolute atomic E-state index is 0.0589. The van der Waals surface area contributed by atoms with Gasteiger partial charge in [0.05, 0.1) is 0 Å². The average Bonchev–Trinajstić information content (AvgIpc) is 3.24. The third-order valence-corrected chi connectivity index (χ3v) is 4.85. The summed E-state index contributed by atoms with van der Waals surface area (Å²) in [7, 11) is 0. The molecule has 1 N–H and O–H groups in total. The van der Waals surface area contributed by atoms with Crippen LogP contribution >= 0.6 is 0 Å². The number of allylic oxidation sites excluding steroid dienone is 1. The Kier molecular flexibility index (Phi) is 3.14. The summed E-state index contributed by atoms with van der Waals surface area (Å²) in [6, 6.07) is -0.245. The standard InChI is InChI=1S/C16H24N2O2/c1-10(2)8-9-18-13(11-4-5-11)14(19)17-16(3,15(18)20)12-6-7-12/h8,11-13H,4-7,9H2,1-3H3,(H,17,19). The molecule has 1 saturated heterocycles. The number of piperazine rings is 1. The van der Waals surface area contributed by atoms with Crippen LogP contribution in [0.5, 0.6) is 0 Å². The molecule has 20 heavy (non-hydrogen) atoms. The van der Waals surface area contributed by atoms with E-state index in [9.17, 15) is 9.59 Å². The first-order valence-electron chi connectivity index (χ1n) is 7.70. The fourth-order valence-corrected chi connectivity index (χ4v) is 3.24. The molecule has 0 radical (unpaired) electrons. The van der Waals surface area contributed by atoms with Crippen LogP contribution in [0.2, 0.25) is 0 Å². The first kappa shape index (κ1) is 13.7. The molecule has 0 aromatic carbocycles. The lowest BCUT2D eigenvalue weighted by Gasteiger charge is -2.44. The van der Waals surface area contributed by atoms with E-state index in [2.05, 4.69) is 11.4 Å². The lowest BCUT2D eigenvalue weighted by molar-refractivity contribution is -0.155. The number of amides is 2. The number of nitrogens with one attached hydrogen (secondary N) is 1. The normalized spacial score (nSPS) is 34.0. The highest BCUT2D eigenvalue weighted by Gasteiger charge is 2.57. The third-order valence-electron chi connectivity index (χ3n) is 4.85. The Morgan fingerprint density at radius 1 is 1.30 bits per heavy atom. The summed E-state index contributed by atoms with van der Waals surface area (Å²) in [5.74, 6) is 0.874. The molecular formula is C16H24N2O2. The number of carbonyl (C=O) groups excluding carboxylic acids is 2. The van der Waals surface area contributed by atoms with Crippen LogP contribution in [0.4, 0.5) is 0 Å². The summed E-state index contributed by atoms with van der Waals surface area (Å²) in [5.41, 5.74) is 0.518. The first-order valence-corrected chi connectivity index (χ1v) is 7.70. The molecule has 110 valence electrons. The van der Waals surface area contributed by atoms with Gasteiger partial charge in [0.15, 0.2) is 0 Å². The van der Waals surface area contributed by atoms with Gasteiger partial charge in [-0.15, -0.1) is 0 Å². The van der Waals surface area contributed by atoms with E-state index in [1.807, 2.05) is 25.7 Å². The molecule has 0 aromatic rings. The maximum absolute atomic E-state index is 12.9. The topological polar surface area (TPSA) is 49.4 Å². The zero-order valence-electron chi connectivity index (χ0n) is 12.6. The number of nitrogens with zero attached hydrogens (tertiary/aromatic N) is 1. The van der Waals surface area contributed by atoms with Crippen LogP contribution in [0.3, 0.4) is 0 Å². The monoisotopic (exact) mass is 276 g/mol. The second kappa shape index (κ2) is 4.61. The molecule has 4 nitrogen and oxygen atoms in total. The lowest BCUT2D eigenvalue weighted by Crippen LogP contribution is -2.70. The Bertz CT molecular complexity index is 473. The van der Waals surface area contributed by atoms with E-state index in [4.69, 9.17) is 0 Å². The summed E-state index contributed by atoms with van der Waals surface area (Å²) in [4.78, 5) is 27.2. The number of hydrogen-bond acceptors (Lipinski definition) is 2. The number of rotatable bonds is 4. The van der Waals surface area contributed by atoms with Crippen LogP contribution in [-0.2, 0) is 9.59 Å². The summed E-state index contributed by atoms with van der Waals surface area (Å²) < 4.78 is 0. The molecule has 1 aliphatic heterocycles. The van der Waals surface area contributed by atoms with Crippen molar-refractivity contribution in [1.82, 2.24) is 10.2 Å². The molecule has 2 aliphatic carbocycles. The molecule has 3 fully saturated rings. The van der Waals surface area contributed by atoms with Gasteiger partial charge in [-0.05, 0) is 58.3 Å². The van der Waals surface area contributed by atoms with E-state index in [0.717, 1.165) is 25.7 Å². The van der Waals surface area contributed by atoms with E-state index in [1.54, 1.807) is 0 Å². The predicted molar refractivity (Wildman–Crippen MR) is 76.9 cm³/mol. The summed E-state index contributed by atoms with van der Waals surface area (Å²) >= 11 is 0. The van der Waals surface area contributed by atoms with Crippen LogP contribution in [0.25, 0.3) is 0 Å². The van der Waals surface area contributed by atoms with E-state index in [-0.39, 0.29) is 17.9 Å². The van der Waals surface area contributed by atoms with E-state index < -0.39 is 5.54 Å². The quantitative estimate of drug-likeness (QED) is 0.797. The number of hydrogen-bond donors (Lipinski definition) is 1. The maximum atomic E-state index is 12.9. The Balaban J connectivity index is 1.88. The van der Waals surface area contributed by atoms with Crippen LogP contribution < -0.4 is 5.32 Å². The van der Waals surface area contributed by atoms with Crippen LogP contribution in [0, 0.1) is 11.8 Å². The zero-order chi connectivity index (χ0) is 14.5. The van der Waals surface area contributed by atoms with Gasteiger partial charge in [0, 0.05) is 6.54 Å². The average molecular weight is 276 g/mol. The van der Waals surface area contributed by atoms with Gasteiger partial charge < -0.3 is 10.2 Å². The second-order valence-electron chi connectivity index (χ2n) is 6.99. The Morgan fingerprint density at radius 2 is 1.95 bits per heavy atom. The van der Waals surface area contributed by atoms with Crippen LogP contribution in [-0.4, -0.2) is 34.8 Å². The zero-order valence-corrected chi connectivity index (χ0v) is 12.6. The van der Waals surface area contributed by atoms with Gasteiger partial charge >= 0.3 is 0 Å². The van der Waals surface area contributed by atoms with Crippen molar-refractivity contribution >= 4 is 11.8 Å². The Hall–Kier alpha value is -1.32. The molecule has 0 spiro atoms. The van der Waals surface area contributed by atoms with Crippen LogP contribution in [0.1, 0.15) is 46.5 Å². The van der Waals surface area contributed by atoms with E-state index >= 15 is 0 Å². The summed E-state index contributed by atoms with van der Waals surface area (Å²) in [6.07, 6.45) is 6.28. The van der Waals surface area contributed by atoms with Crippen molar-refractivity contribution < 1.29 is 9.59 Å². The highest BCUT2D eigenvalue weighted by atomic mass is 16.2. The van der Waals surface area contributed by atoms with Gasteiger partial charge in [-0.25, -0.2) is 0 Å². The van der Waals surface area contributed by atoms with Crippen molar-refractivity contribution in [2.24, 2.45) is 11.8 Å². The largest absolute Gasteiger partial charge is 0.340 e. The maximum Gasteiger partial charge on any atom is 0.249 e. The van der Waals surface area contributed by atoms with Crippen LogP contribution in [0.15, 0.2) is 11.6 Å². The second-order valence-corrected chi connectivity index (χ2v) is 6.99. The van der Waals surface area contributed by atoms with Crippen molar-refractivity contribution in [2.45, 2.75) is 58.0 Å². The molecule has 3 rings (SSSR count). The van der Waals surface area contributed by atoms with Gasteiger partial charge in [-0.2, -0.15) is 0 Å². The van der Waals surface area contributed by atoms with Gasteiger partial charge in [0.1, 0.15) is 11.6 Å². The Labute approximate surface area is 120 Å². The molecule has 2 amide bonds. The van der Waals surface area contributed by atoms with Gasteiger partial charge in [-0.1, -0.05) is 11.6 Å². The van der Waals surface area contributed by atoms with Crippen molar-refractivity contribution in [3.8, 4) is 0 Å². The summed E-state index contributed by atoms with van der Waals surface area (Å²) in [5, 5.41) is 3.04. The van der Waals surface area contributed by atoms with Crippen molar-refractivity contribution in [3.05, 3.63) is 11.6 Å². The first-order chi connectivity index (χ1) is 9.43. The molecule has 2 unspecified atom stereocenters. The minimum atomic E-state index is -0.669. The molecule has 0 aromatic heterocycles. The summed E-state index contributed by atoms with van der Waals surface area (Å²) in [6.45, 7) is 6.53. The fourth-order valence-electron chi connectivity index (χ4n) is 3.24. The molecule has 0 bridgehead atoms. The van der Waals surface area contributed by atoms with Gasteiger partial charge in [-0.3, -0.25) is 9.59 Å². The third kappa shape index (κ3) is 2.25. The molecule has 1 heterocycles. The molecule has 3 aliphatic rings. The minimum Gasteiger partial charge on any atom is -0.340 e. The van der Waals surface area contributed by atoms with Crippen molar-refractivity contribution in [2.75, 3.05) is 6.54 Å². The highest BCUT2D eigenvalue weighted by molar-refractivity contribution is 6.00. The van der Waals surface area contributed by atoms with Gasteiger partial charge in [0.25, 0.3) is 0 Å².